The monoisotopic (exact) mass is 188 g/mol. The zero-order valence-electron chi connectivity index (χ0n) is 7.10. The standard InChI is InChI=1S/C7H12N2O2S/c1-5(10)6(2)12-3-7-8-4-9-11-7/h4-6,10H,3H2,1-2H3. The van der Waals surface area contributed by atoms with Gasteiger partial charge in [0, 0.05) is 5.25 Å². The maximum absolute atomic E-state index is 9.16. The molecule has 0 amide bonds. The Balaban J connectivity index is 2.27. The molecule has 0 aliphatic heterocycles. The van der Waals surface area contributed by atoms with Crippen LogP contribution in [0.4, 0.5) is 0 Å². The van der Waals surface area contributed by atoms with E-state index in [0.29, 0.717) is 11.6 Å². The van der Waals surface area contributed by atoms with Gasteiger partial charge in [-0.25, -0.2) is 0 Å². The molecular weight excluding hydrogens is 176 g/mol. The summed E-state index contributed by atoms with van der Waals surface area (Å²) in [5, 5.41) is 12.8. The molecule has 1 heterocycles. The molecule has 0 bridgehead atoms. The molecule has 0 aromatic carbocycles. The summed E-state index contributed by atoms with van der Waals surface area (Å²) in [6, 6.07) is 0. The van der Waals surface area contributed by atoms with E-state index in [1.54, 1.807) is 18.7 Å². The van der Waals surface area contributed by atoms with E-state index >= 15 is 0 Å². The van der Waals surface area contributed by atoms with Crippen molar-refractivity contribution in [3.8, 4) is 0 Å². The number of rotatable bonds is 4. The van der Waals surface area contributed by atoms with Crippen molar-refractivity contribution >= 4 is 11.8 Å². The van der Waals surface area contributed by atoms with Gasteiger partial charge in [-0.2, -0.15) is 4.98 Å². The van der Waals surface area contributed by atoms with Gasteiger partial charge in [0.1, 0.15) is 0 Å². The minimum atomic E-state index is -0.307. The molecule has 0 aliphatic rings. The molecule has 68 valence electrons. The number of aliphatic hydroxyl groups is 1. The first kappa shape index (κ1) is 9.54. The normalized spacial score (nSPS) is 15.9. The first-order valence-corrected chi connectivity index (χ1v) is 4.80. The lowest BCUT2D eigenvalue weighted by atomic mass is 10.3. The van der Waals surface area contributed by atoms with Crippen molar-refractivity contribution in [3.05, 3.63) is 12.2 Å². The molecule has 2 atom stereocenters. The van der Waals surface area contributed by atoms with Crippen molar-refractivity contribution in [3.63, 3.8) is 0 Å². The van der Waals surface area contributed by atoms with Crippen LogP contribution in [-0.4, -0.2) is 26.6 Å². The topological polar surface area (TPSA) is 59.2 Å². The molecule has 12 heavy (non-hydrogen) atoms. The van der Waals surface area contributed by atoms with Crippen LogP contribution in [0.15, 0.2) is 10.9 Å². The molecule has 0 radical (unpaired) electrons. The van der Waals surface area contributed by atoms with E-state index in [9.17, 15) is 0 Å². The maximum atomic E-state index is 9.16. The SMILES string of the molecule is CC(O)C(C)SCc1ncno1. The van der Waals surface area contributed by atoms with Crippen molar-refractivity contribution < 1.29 is 9.63 Å². The minimum Gasteiger partial charge on any atom is -0.392 e. The molecule has 1 rings (SSSR count). The third-order valence-electron chi connectivity index (χ3n) is 1.56. The molecule has 0 saturated carbocycles. The molecular formula is C7H12N2O2S. The van der Waals surface area contributed by atoms with Gasteiger partial charge in [-0.1, -0.05) is 12.1 Å². The minimum absolute atomic E-state index is 0.192. The fourth-order valence-corrected chi connectivity index (χ4v) is 1.41. The average molecular weight is 188 g/mol. The third kappa shape index (κ3) is 2.83. The number of nitrogens with zero attached hydrogens (tertiary/aromatic N) is 2. The highest BCUT2D eigenvalue weighted by molar-refractivity contribution is 7.99. The number of hydrogen-bond acceptors (Lipinski definition) is 5. The van der Waals surface area contributed by atoms with Gasteiger partial charge < -0.3 is 9.63 Å². The predicted octanol–water partition coefficient (Wildman–Crippen LogP) is 1.07. The van der Waals surface area contributed by atoms with Crippen molar-refractivity contribution in [2.75, 3.05) is 0 Å². The Hall–Kier alpha value is -0.550. The van der Waals surface area contributed by atoms with E-state index in [-0.39, 0.29) is 11.4 Å². The van der Waals surface area contributed by atoms with E-state index in [2.05, 4.69) is 10.1 Å². The summed E-state index contributed by atoms with van der Waals surface area (Å²) in [4.78, 5) is 3.87. The molecule has 1 N–H and O–H groups in total. The third-order valence-corrected chi connectivity index (χ3v) is 2.89. The van der Waals surface area contributed by atoms with Crippen molar-refractivity contribution in [2.24, 2.45) is 0 Å². The summed E-state index contributed by atoms with van der Waals surface area (Å²) in [5.74, 6) is 1.26. The average Bonchev–Trinajstić information content (AvgIpc) is 2.51. The largest absolute Gasteiger partial charge is 0.392 e. The van der Waals surface area contributed by atoms with Crippen LogP contribution in [0.3, 0.4) is 0 Å². The van der Waals surface area contributed by atoms with Crippen LogP contribution in [0, 0.1) is 0 Å². The summed E-state index contributed by atoms with van der Waals surface area (Å²) >= 11 is 1.60. The molecule has 1 aromatic rings. The second-order valence-corrected chi connectivity index (χ2v) is 3.96. The number of aromatic nitrogens is 2. The Labute approximate surface area is 75.4 Å². The highest BCUT2D eigenvalue weighted by atomic mass is 32.2. The Bertz CT molecular complexity index is 213. The molecule has 0 fully saturated rings. The van der Waals surface area contributed by atoms with Crippen LogP contribution < -0.4 is 0 Å². The Morgan fingerprint density at radius 2 is 2.42 bits per heavy atom. The second-order valence-electron chi connectivity index (χ2n) is 2.59. The maximum Gasteiger partial charge on any atom is 0.236 e. The van der Waals surface area contributed by atoms with Crippen molar-refractivity contribution in [2.45, 2.75) is 31.0 Å². The van der Waals surface area contributed by atoms with Crippen LogP contribution in [-0.2, 0) is 5.75 Å². The number of thioether (sulfide) groups is 1. The van der Waals surface area contributed by atoms with E-state index in [4.69, 9.17) is 9.63 Å². The van der Waals surface area contributed by atoms with E-state index in [0.717, 1.165) is 0 Å². The fourth-order valence-electron chi connectivity index (χ4n) is 0.602. The van der Waals surface area contributed by atoms with Gasteiger partial charge in [-0.05, 0) is 6.92 Å². The summed E-state index contributed by atoms with van der Waals surface area (Å²) in [7, 11) is 0. The Morgan fingerprint density at radius 3 is 2.92 bits per heavy atom. The first-order valence-electron chi connectivity index (χ1n) is 3.75. The summed E-state index contributed by atoms with van der Waals surface area (Å²) in [6.45, 7) is 3.73. The molecule has 5 heteroatoms. The summed E-state index contributed by atoms with van der Waals surface area (Å²) < 4.78 is 4.80. The second kappa shape index (κ2) is 4.47. The van der Waals surface area contributed by atoms with Gasteiger partial charge >= 0.3 is 0 Å². The highest BCUT2D eigenvalue weighted by Gasteiger charge is 2.10. The molecule has 4 nitrogen and oxygen atoms in total. The van der Waals surface area contributed by atoms with Crippen LogP contribution in [0.25, 0.3) is 0 Å². The van der Waals surface area contributed by atoms with Gasteiger partial charge in [0.15, 0.2) is 6.33 Å². The van der Waals surface area contributed by atoms with Crippen LogP contribution in [0.2, 0.25) is 0 Å². The van der Waals surface area contributed by atoms with Crippen molar-refractivity contribution in [1.29, 1.82) is 0 Å². The Kier molecular flexibility index (Phi) is 3.55. The van der Waals surface area contributed by atoms with Crippen molar-refractivity contribution in [1.82, 2.24) is 10.1 Å². The lowest BCUT2D eigenvalue weighted by molar-refractivity contribution is 0.196. The number of hydrogen-bond donors (Lipinski definition) is 1. The van der Waals surface area contributed by atoms with Gasteiger partial charge in [0.05, 0.1) is 11.9 Å². The summed E-state index contributed by atoms with van der Waals surface area (Å²) in [6.07, 6.45) is 1.07. The van der Waals surface area contributed by atoms with Gasteiger partial charge in [-0.3, -0.25) is 0 Å². The lowest BCUT2D eigenvalue weighted by Crippen LogP contribution is -2.15. The first-order chi connectivity index (χ1) is 5.70. The van der Waals surface area contributed by atoms with Gasteiger partial charge in [0.25, 0.3) is 0 Å². The smallest absolute Gasteiger partial charge is 0.236 e. The van der Waals surface area contributed by atoms with E-state index in [1.165, 1.54) is 6.33 Å². The molecule has 1 aromatic heterocycles. The molecule has 2 unspecified atom stereocenters. The van der Waals surface area contributed by atoms with E-state index < -0.39 is 0 Å². The van der Waals surface area contributed by atoms with Crippen LogP contribution in [0.1, 0.15) is 19.7 Å². The number of aliphatic hydroxyl groups excluding tert-OH is 1. The Morgan fingerprint density at radius 1 is 1.67 bits per heavy atom. The zero-order valence-corrected chi connectivity index (χ0v) is 7.91. The summed E-state index contributed by atoms with van der Waals surface area (Å²) in [5.41, 5.74) is 0. The molecule has 0 spiro atoms. The van der Waals surface area contributed by atoms with Crippen LogP contribution in [0.5, 0.6) is 0 Å². The van der Waals surface area contributed by atoms with Gasteiger partial charge in [-0.15, -0.1) is 11.8 Å². The zero-order chi connectivity index (χ0) is 8.97. The molecule has 0 saturated heterocycles. The fraction of sp³-hybridized carbons (Fsp3) is 0.714. The van der Waals surface area contributed by atoms with E-state index in [1.807, 2.05) is 6.92 Å². The van der Waals surface area contributed by atoms with Crippen LogP contribution >= 0.6 is 11.8 Å². The predicted molar refractivity (Wildman–Crippen MR) is 46.7 cm³/mol. The molecule has 0 aliphatic carbocycles. The van der Waals surface area contributed by atoms with Gasteiger partial charge in [0.2, 0.25) is 5.89 Å². The quantitative estimate of drug-likeness (QED) is 0.766. The lowest BCUT2D eigenvalue weighted by Gasteiger charge is -2.11. The highest BCUT2D eigenvalue weighted by Crippen LogP contribution is 2.18.